The number of benzene rings is 1. The van der Waals surface area contributed by atoms with E-state index in [2.05, 4.69) is 68.7 Å². The van der Waals surface area contributed by atoms with Gasteiger partial charge in [0, 0.05) is 0 Å². The quantitative estimate of drug-likeness (QED) is 0.546. The van der Waals surface area contributed by atoms with E-state index in [0.29, 0.717) is 6.71 Å². The van der Waals surface area contributed by atoms with Gasteiger partial charge in [-0.2, -0.15) is 0 Å². The van der Waals surface area contributed by atoms with E-state index in [1.807, 2.05) is 6.08 Å². The number of allylic oxidation sites excluding steroid dienone is 3. The first-order valence-corrected chi connectivity index (χ1v) is 6.33. The third-order valence-electron chi connectivity index (χ3n) is 3.74. The second-order valence-corrected chi connectivity index (χ2v) is 4.60. The maximum atomic E-state index is 3.95. The van der Waals surface area contributed by atoms with E-state index < -0.39 is 0 Å². The predicted octanol–water partition coefficient (Wildman–Crippen LogP) is 2.29. The van der Waals surface area contributed by atoms with Gasteiger partial charge in [-0.3, -0.25) is 0 Å². The first-order valence-electron chi connectivity index (χ1n) is 6.33. The summed E-state index contributed by atoms with van der Waals surface area (Å²) in [7, 11) is 0. The van der Waals surface area contributed by atoms with Crippen LogP contribution in [0.4, 0.5) is 0 Å². The van der Waals surface area contributed by atoms with Gasteiger partial charge < -0.3 is 0 Å². The molecule has 0 fully saturated rings. The average molecular weight is 228 g/mol. The van der Waals surface area contributed by atoms with Gasteiger partial charge in [0.1, 0.15) is 0 Å². The summed E-state index contributed by atoms with van der Waals surface area (Å²) in [5.41, 5.74) is 6.80. The molecular weight excluding hydrogens is 214 g/mol. The second-order valence-electron chi connectivity index (χ2n) is 4.60. The van der Waals surface area contributed by atoms with E-state index in [4.69, 9.17) is 0 Å². The van der Waals surface area contributed by atoms with E-state index >= 15 is 0 Å². The third-order valence-corrected chi connectivity index (χ3v) is 3.74. The molecule has 2 heterocycles. The molecule has 0 saturated heterocycles. The van der Waals surface area contributed by atoms with Gasteiger partial charge in [0.2, 0.25) is 0 Å². The summed E-state index contributed by atoms with van der Waals surface area (Å²) in [4.78, 5) is 0. The Morgan fingerprint density at radius 2 is 1.94 bits per heavy atom. The van der Waals surface area contributed by atoms with Crippen molar-refractivity contribution >= 4 is 24.5 Å². The fourth-order valence-electron chi connectivity index (χ4n) is 2.92. The van der Waals surface area contributed by atoms with Crippen LogP contribution in [0.1, 0.15) is 6.92 Å². The summed E-state index contributed by atoms with van der Waals surface area (Å²) in [5.74, 6) is 4.33. The van der Waals surface area contributed by atoms with Gasteiger partial charge in [0.05, 0.1) is 0 Å². The van der Waals surface area contributed by atoms with Crippen molar-refractivity contribution in [2.45, 2.75) is 6.92 Å². The summed E-state index contributed by atoms with van der Waals surface area (Å²) < 4.78 is 0. The van der Waals surface area contributed by atoms with Gasteiger partial charge in [0.25, 0.3) is 0 Å². The van der Waals surface area contributed by atoms with Gasteiger partial charge in [0.15, 0.2) is 0 Å². The molecule has 0 atom stereocenters. The first kappa shape index (κ1) is 11.3. The van der Waals surface area contributed by atoms with Crippen molar-refractivity contribution in [3.8, 4) is 11.1 Å². The molecule has 2 aromatic rings. The van der Waals surface area contributed by atoms with Crippen molar-refractivity contribution in [3.05, 3.63) is 66.5 Å². The van der Waals surface area contributed by atoms with Gasteiger partial charge in [-0.25, -0.2) is 0 Å². The summed E-state index contributed by atoms with van der Waals surface area (Å²) in [6, 6.07) is 10.9. The molecule has 3 rings (SSSR count). The second kappa shape index (κ2) is 4.45. The number of fused-ring (bicyclic) bond motifs is 3. The summed E-state index contributed by atoms with van der Waals surface area (Å²) >= 11 is 0. The van der Waals surface area contributed by atoms with Crippen molar-refractivity contribution in [1.29, 1.82) is 0 Å². The molecule has 0 N–H and O–H groups in total. The van der Waals surface area contributed by atoms with Crippen LogP contribution in [0.25, 0.3) is 11.1 Å². The van der Waals surface area contributed by atoms with Gasteiger partial charge in [-0.15, -0.1) is 0 Å². The van der Waals surface area contributed by atoms with Gasteiger partial charge in [-0.05, 0) is 0 Å². The minimum atomic E-state index is 0.347. The molecule has 0 aliphatic carbocycles. The van der Waals surface area contributed by atoms with Gasteiger partial charge in [-0.1, -0.05) is 0 Å². The van der Waals surface area contributed by atoms with E-state index in [1.54, 1.807) is 0 Å². The summed E-state index contributed by atoms with van der Waals surface area (Å²) in [6.45, 7) is 8.50. The first-order chi connectivity index (χ1) is 8.86. The molecule has 0 nitrogen and oxygen atoms in total. The molecule has 0 saturated carbocycles. The minimum absolute atomic E-state index is 0.347. The molecule has 0 amide bonds. The van der Waals surface area contributed by atoms with Crippen LogP contribution >= 0.6 is 0 Å². The van der Waals surface area contributed by atoms with E-state index in [1.165, 1.54) is 27.5 Å². The predicted molar refractivity (Wildman–Crippen MR) is 82.2 cm³/mol. The Balaban J connectivity index is 2.30. The molecule has 1 aromatic heterocycles. The standard InChI is InChI=1S/C16H14B2/c1-3-12(4-2)18-15-8-6-5-7-13(15)14-11-17-10-9-16(14)18/h3-11H,1H2,2H3/b12-4+. The third kappa shape index (κ3) is 1.53. The fraction of sp³-hybridized carbons (Fsp3) is 0.0625. The van der Waals surface area contributed by atoms with Crippen LogP contribution in [0, 0.1) is 0 Å². The Morgan fingerprint density at radius 1 is 1.17 bits per heavy atom. The van der Waals surface area contributed by atoms with Crippen LogP contribution in [0.2, 0.25) is 0 Å². The van der Waals surface area contributed by atoms with Crippen molar-refractivity contribution in [2.75, 3.05) is 0 Å². The molecule has 84 valence electrons. The SMILES string of the molecule is C=C/C(=C\C)B1c2ccbcc2-c2ccccc21. The topological polar surface area (TPSA) is 0 Å². The zero-order valence-electron chi connectivity index (χ0n) is 10.6. The Hall–Kier alpha value is -1.82. The van der Waals surface area contributed by atoms with Crippen LogP contribution in [0.5, 0.6) is 0 Å². The van der Waals surface area contributed by atoms with Crippen LogP contribution in [0.3, 0.4) is 0 Å². The Kier molecular flexibility index (Phi) is 2.79. The van der Waals surface area contributed by atoms with Crippen molar-refractivity contribution in [2.24, 2.45) is 0 Å². The molecule has 0 unspecified atom stereocenters. The molecule has 2 heteroatoms. The van der Waals surface area contributed by atoms with Crippen molar-refractivity contribution in [1.82, 2.24) is 0 Å². The van der Waals surface area contributed by atoms with Crippen LogP contribution < -0.4 is 10.9 Å². The normalized spacial score (nSPS) is 12.9. The molecule has 0 spiro atoms. The zero-order valence-corrected chi connectivity index (χ0v) is 10.6. The summed E-state index contributed by atoms with van der Waals surface area (Å²) in [6.07, 6.45) is 4.14. The molecule has 1 aromatic carbocycles. The zero-order chi connectivity index (χ0) is 12.5. The van der Waals surface area contributed by atoms with Gasteiger partial charge >= 0.3 is 109 Å². The molecule has 0 bridgehead atoms. The van der Waals surface area contributed by atoms with Crippen LogP contribution in [-0.2, 0) is 0 Å². The molecule has 1 aliphatic rings. The summed E-state index contributed by atoms with van der Waals surface area (Å²) in [5, 5.41) is 0. The Morgan fingerprint density at radius 3 is 2.72 bits per heavy atom. The van der Waals surface area contributed by atoms with Crippen LogP contribution in [-0.4, -0.2) is 13.6 Å². The van der Waals surface area contributed by atoms with E-state index in [0.717, 1.165) is 0 Å². The molecule has 0 radical (unpaired) electrons. The number of hydrogen-bond acceptors (Lipinski definition) is 0. The molecule has 1 aliphatic heterocycles. The molecule has 18 heavy (non-hydrogen) atoms. The van der Waals surface area contributed by atoms with Crippen molar-refractivity contribution in [3.63, 3.8) is 0 Å². The monoisotopic (exact) mass is 228 g/mol. The Labute approximate surface area is 109 Å². The number of hydrogen-bond donors (Lipinski definition) is 0. The Bertz CT molecular complexity index is 596. The maximum absolute atomic E-state index is 3.95. The number of rotatable bonds is 2. The molecular formula is C16H14B2. The van der Waals surface area contributed by atoms with E-state index in [-0.39, 0.29) is 0 Å². The van der Waals surface area contributed by atoms with Crippen molar-refractivity contribution < 1.29 is 0 Å². The van der Waals surface area contributed by atoms with Crippen LogP contribution in [0.15, 0.2) is 66.5 Å². The fourth-order valence-corrected chi connectivity index (χ4v) is 2.92. The average Bonchev–Trinajstić information content (AvgIpc) is 2.76. The van der Waals surface area contributed by atoms with E-state index in [9.17, 15) is 0 Å².